The highest BCUT2D eigenvalue weighted by molar-refractivity contribution is 5.67. The van der Waals surface area contributed by atoms with E-state index in [1.54, 1.807) is 24.3 Å². The lowest BCUT2D eigenvalue weighted by molar-refractivity contribution is 0.560. The largest absolute Gasteiger partial charge is 0.306 e. The SMILES string of the molecule is Fc1ccc(C2=CCN[C@@H](c3ccc(F)cc3)C2)cc1. The molecule has 3 rings (SSSR count). The summed E-state index contributed by atoms with van der Waals surface area (Å²) in [5, 5.41) is 3.39. The molecular formula is C17H15F2N. The summed E-state index contributed by atoms with van der Waals surface area (Å²) in [6.07, 6.45) is 2.94. The van der Waals surface area contributed by atoms with Gasteiger partial charge in [0.2, 0.25) is 0 Å². The summed E-state index contributed by atoms with van der Waals surface area (Å²) in [7, 11) is 0. The van der Waals surface area contributed by atoms with Crippen molar-refractivity contribution in [3.8, 4) is 0 Å². The molecule has 0 saturated carbocycles. The first-order chi connectivity index (χ1) is 9.72. The molecule has 0 radical (unpaired) electrons. The Balaban J connectivity index is 1.80. The van der Waals surface area contributed by atoms with Crippen LogP contribution in [0.4, 0.5) is 8.78 Å². The van der Waals surface area contributed by atoms with Crippen molar-refractivity contribution in [1.29, 1.82) is 0 Å². The molecule has 102 valence electrons. The van der Waals surface area contributed by atoms with Crippen LogP contribution in [0.15, 0.2) is 54.6 Å². The average Bonchev–Trinajstić information content (AvgIpc) is 2.49. The van der Waals surface area contributed by atoms with Crippen LogP contribution in [0.5, 0.6) is 0 Å². The Kier molecular flexibility index (Phi) is 3.61. The van der Waals surface area contributed by atoms with Gasteiger partial charge in [0.15, 0.2) is 0 Å². The predicted molar refractivity (Wildman–Crippen MR) is 76.1 cm³/mol. The molecule has 2 aromatic carbocycles. The van der Waals surface area contributed by atoms with Gasteiger partial charge in [-0.05, 0) is 47.4 Å². The second-order valence-electron chi connectivity index (χ2n) is 4.95. The van der Waals surface area contributed by atoms with Crippen LogP contribution in [-0.2, 0) is 0 Å². The second-order valence-corrected chi connectivity index (χ2v) is 4.95. The third-order valence-corrected chi connectivity index (χ3v) is 3.62. The molecule has 0 amide bonds. The highest BCUT2D eigenvalue weighted by Crippen LogP contribution is 2.30. The Labute approximate surface area is 116 Å². The topological polar surface area (TPSA) is 12.0 Å². The molecule has 3 heteroatoms. The maximum atomic E-state index is 13.0. The third kappa shape index (κ3) is 2.78. The van der Waals surface area contributed by atoms with Gasteiger partial charge in [-0.15, -0.1) is 0 Å². The van der Waals surface area contributed by atoms with E-state index in [1.807, 2.05) is 0 Å². The van der Waals surface area contributed by atoms with Gasteiger partial charge in [-0.25, -0.2) is 8.78 Å². The van der Waals surface area contributed by atoms with Gasteiger partial charge in [-0.2, -0.15) is 0 Å². The van der Waals surface area contributed by atoms with Gasteiger partial charge in [0.05, 0.1) is 0 Å². The molecule has 1 N–H and O–H groups in total. The molecule has 0 saturated heterocycles. The highest BCUT2D eigenvalue weighted by atomic mass is 19.1. The summed E-state index contributed by atoms with van der Waals surface area (Å²) < 4.78 is 25.9. The fourth-order valence-corrected chi connectivity index (χ4v) is 2.53. The van der Waals surface area contributed by atoms with E-state index >= 15 is 0 Å². The number of nitrogens with one attached hydrogen (secondary N) is 1. The molecule has 0 bridgehead atoms. The first kappa shape index (κ1) is 13.0. The second kappa shape index (κ2) is 5.55. The minimum atomic E-state index is -0.224. The lowest BCUT2D eigenvalue weighted by atomic mass is 9.91. The van der Waals surface area contributed by atoms with Crippen molar-refractivity contribution in [2.45, 2.75) is 12.5 Å². The predicted octanol–water partition coefficient (Wildman–Crippen LogP) is 4.08. The molecule has 1 nitrogen and oxygen atoms in total. The van der Waals surface area contributed by atoms with Crippen LogP contribution in [-0.4, -0.2) is 6.54 Å². The Bertz CT molecular complexity index is 614. The van der Waals surface area contributed by atoms with Crippen molar-refractivity contribution in [3.05, 3.63) is 77.4 Å². The number of rotatable bonds is 2. The number of hydrogen-bond acceptors (Lipinski definition) is 1. The number of halogens is 2. The maximum Gasteiger partial charge on any atom is 0.123 e. The van der Waals surface area contributed by atoms with Crippen LogP contribution >= 0.6 is 0 Å². The first-order valence-electron chi connectivity index (χ1n) is 6.66. The smallest absolute Gasteiger partial charge is 0.123 e. The molecule has 1 aliphatic rings. The van der Waals surface area contributed by atoms with E-state index in [1.165, 1.54) is 29.8 Å². The zero-order chi connectivity index (χ0) is 13.9. The Morgan fingerprint density at radius 2 is 1.45 bits per heavy atom. The monoisotopic (exact) mass is 271 g/mol. The highest BCUT2D eigenvalue weighted by Gasteiger charge is 2.17. The third-order valence-electron chi connectivity index (χ3n) is 3.62. The van der Waals surface area contributed by atoms with E-state index < -0.39 is 0 Å². The van der Waals surface area contributed by atoms with E-state index in [9.17, 15) is 8.78 Å². The van der Waals surface area contributed by atoms with Gasteiger partial charge < -0.3 is 5.32 Å². The Morgan fingerprint density at radius 1 is 0.850 bits per heavy atom. The molecule has 0 spiro atoms. The normalized spacial score (nSPS) is 18.7. The van der Waals surface area contributed by atoms with Gasteiger partial charge in [0, 0.05) is 12.6 Å². The maximum absolute atomic E-state index is 13.0. The van der Waals surface area contributed by atoms with Crippen LogP contribution in [0.25, 0.3) is 5.57 Å². The van der Waals surface area contributed by atoms with Crippen molar-refractivity contribution >= 4 is 5.57 Å². The molecule has 20 heavy (non-hydrogen) atoms. The van der Waals surface area contributed by atoms with Crippen LogP contribution in [0, 0.1) is 11.6 Å². The van der Waals surface area contributed by atoms with Crippen LogP contribution < -0.4 is 5.32 Å². The molecule has 0 aromatic heterocycles. The zero-order valence-electron chi connectivity index (χ0n) is 10.9. The van der Waals surface area contributed by atoms with Crippen LogP contribution in [0.3, 0.4) is 0 Å². The molecule has 0 fully saturated rings. The summed E-state index contributed by atoms with van der Waals surface area (Å²) in [4.78, 5) is 0. The molecule has 2 aromatic rings. The van der Waals surface area contributed by atoms with Crippen molar-refractivity contribution in [2.75, 3.05) is 6.54 Å². The Morgan fingerprint density at radius 3 is 2.10 bits per heavy atom. The zero-order valence-corrected chi connectivity index (χ0v) is 10.9. The van der Waals surface area contributed by atoms with E-state index in [-0.39, 0.29) is 17.7 Å². The molecule has 1 atom stereocenters. The van der Waals surface area contributed by atoms with E-state index in [4.69, 9.17) is 0 Å². The first-order valence-corrected chi connectivity index (χ1v) is 6.66. The average molecular weight is 271 g/mol. The molecule has 0 aliphatic carbocycles. The minimum Gasteiger partial charge on any atom is -0.306 e. The van der Waals surface area contributed by atoms with Crippen molar-refractivity contribution in [2.24, 2.45) is 0 Å². The van der Waals surface area contributed by atoms with E-state index in [0.29, 0.717) is 0 Å². The minimum absolute atomic E-state index is 0.167. The van der Waals surface area contributed by atoms with Crippen LogP contribution in [0.2, 0.25) is 0 Å². The lowest BCUT2D eigenvalue weighted by Crippen LogP contribution is -2.25. The molecule has 1 aliphatic heterocycles. The van der Waals surface area contributed by atoms with Gasteiger partial charge in [-0.1, -0.05) is 30.3 Å². The van der Waals surface area contributed by atoms with E-state index in [2.05, 4.69) is 11.4 Å². The van der Waals surface area contributed by atoms with Gasteiger partial charge >= 0.3 is 0 Å². The summed E-state index contributed by atoms with van der Waals surface area (Å²) in [5.41, 5.74) is 3.30. The Hall–Kier alpha value is -2.00. The van der Waals surface area contributed by atoms with Crippen molar-refractivity contribution in [3.63, 3.8) is 0 Å². The number of hydrogen-bond donors (Lipinski definition) is 1. The fourth-order valence-electron chi connectivity index (χ4n) is 2.53. The summed E-state index contributed by atoms with van der Waals surface area (Å²) in [5.74, 6) is -0.447. The quantitative estimate of drug-likeness (QED) is 0.867. The fraction of sp³-hybridized carbons (Fsp3) is 0.176. The van der Waals surface area contributed by atoms with Gasteiger partial charge in [0.1, 0.15) is 11.6 Å². The summed E-state index contributed by atoms with van der Waals surface area (Å²) in [6.45, 7) is 0.759. The summed E-state index contributed by atoms with van der Waals surface area (Å²) >= 11 is 0. The number of benzene rings is 2. The van der Waals surface area contributed by atoms with Gasteiger partial charge in [0.25, 0.3) is 0 Å². The van der Waals surface area contributed by atoms with Crippen molar-refractivity contribution in [1.82, 2.24) is 5.32 Å². The summed E-state index contributed by atoms with van der Waals surface area (Å²) in [6, 6.07) is 13.3. The standard InChI is InChI=1S/C17H15F2N/c18-15-5-1-12(2-6-15)14-9-10-20-17(11-14)13-3-7-16(19)8-4-13/h1-9,17,20H,10-11H2/t17-/m1/s1. The van der Waals surface area contributed by atoms with Gasteiger partial charge in [-0.3, -0.25) is 0 Å². The van der Waals surface area contributed by atoms with Crippen molar-refractivity contribution < 1.29 is 8.78 Å². The molecule has 0 unspecified atom stereocenters. The lowest BCUT2D eigenvalue weighted by Gasteiger charge is -2.25. The van der Waals surface area contributed by atoms with Crippen LogP contribution in [0.1, 0.15) is 23.6 Å². The van der Waals surface area contributed by atoms with E-state index in [0.717, 1.165) is 24.1 Å². The molecular weight excluding hydrogens is 256 g/mol. The molecule has 1 heterocycles.